The molecule has 3 atom stereocenters. The molecule has 1 saturated heterocycles. The van der Waals surface area contributed by atoms with E-state index in [-0.39, 0.29) is 24.0 Å². The summed E-state index contributed by atoms with van der Waals surface area (Å²) >= 11 is 1.90. The smallest absolute Gasteiger partial charge is 0.274 e. The number of aliphatic hydroxyl groups excluding tert-OH is 2. The summed E-state index contributed by atoms with van der Waals surface area (Å²) in [4.78, 5) is 28.2. The Hall–Kier alpha value is -1.91. The molecule has 4 heterocycles. The highest BCUT2D eigenvalue weighted by molar-refractivity contribution is 14.1. The summed E-state index contributed by atoms with van der Waals surface area (Å²) in [7, 11) is 0. The van der Waals surface area contributed by atoms with Crippen molar-refractivity contribution in [2.45, 2.75) is 43.6 Å². The van der Waals surface area contributed by atoms with Crippen molar-refractivity contribution in [1.29, 1.82) is 0 Å². The van der Waals surface area contributed by atoms with Crippen molar-refractivity contribution >= 4 is 28.5 Å². The SMILES string of the molecule is O=C1c2c(OCc3ccccc3)c(=O)c(I)c3n2C2(CCCCN1C2)C(O)C3O. The average Bonchev–Trinajstić information content (AvgIpc) is 2.87. The van der Waals surface area contributed by atoms with Crippen molar-refractivity contribution in [2.75, 3.05) is 13.1 Å². The summed E-state index contributed by atoms with van der Waals surface area (Å²) in [5.41, 5.74) is 0.132. The highest BCUT2D eigenvalue weighted by atomic mass is 127. The summed E-state index contributed by atoms with van der Waals surface area (Å²) in [6.07, 6.45) is -0.00186. The number of hydrogen-bond acceptors (Lipinski definition) is 5. The van der Waals surface area contributed by atoms with E-state index in [4.69, 9.17) is 4.74 Å². The van der Waals surface area contributed by atoms with E-state index in [1.165, 1.54) is 0 Å². The number of hydrogen-bond donors (Lipinski definition) is 2. The number of benzene rings is 1. The van der Waals surface area contributed by atoms with Gasteiger partial charge in [0.1, 0.15) is 18.8 Å². The van der Waals surface area contributed by atoms with Crippen LogP contribution in [0.15, 0.2) is 35.1 Å². The van der Waals surface area contributed by atoms with E-state index in [0.717, 1.165) is 18.4 Å². The van der Waals surface area contributed by atoms with Crippen molar-refractivity contribution in [2.24, 2.45) is 0 Å². The van der Waals surface area contributed by atoms with Gasteiger partial charge in [-0.25, -0.2) is 0 Å². The third kappa shape index (κ3) is 2.62. The molecule has 0 saturated carbocycles. The number of amides is 1. The van der Waals surface area contributed by atoms with Crippen molar-refractivity contribution in [3.8, 4) is 5.75 Å². The molecule has 2 aromatic rings. The van der Waals surface area contributed by atoms with Crippen LogP contribution in [0.2, 0.25) is 0 Å². The van der Waals surface area contributed by atoms with Crippen LogP contribution in [0.4, 0.5) is 0 Å². The third-order valence-electron chi connectivity index (χ3n) is 6.35. The quantitative estimate of drug-likeness (QED) is 0.617. The zero-order valence-corrected chi connectivity index (χ0v) is 17.8. The Balaban J connectivity index is 1.73. The molecular formula is C21H21IN2O5. The molecular weight excluding hydrogens is 487 g/mol. The number of halogens is 1. The predicted octanol–water partition coefficient (Wildman–Crippen LogP) is 1.77. The van der Waals surface area contributed by atoms with Crippen LogP contribution in [0.5, 0.6) is 5.75 Å². The Labute approximate surface area is 181 Å². The second-order valence-corrected chi connectivity index (χ2v) is 9.07. The van der Waals surface area contributed by atoms with Gasteiger partial charge in [-0.2, -0.15) is 0 Å². The van der Waals surface area contributed by atoms with Crippen LogP contribution in [0.1, 0.15) is 47.1 Å². The zero-order chi connectivity index (χ0) is 20.3. The molecule has 152 valence electrons. The molecule has 29 heavy (non-hydrogen) atoms. The number of ether oxygens (including phenoxy) is 1. The molecule has 1 amide bonds. The van der Waals surface area contributed by atoms with Gasteiger partial charge < -0.3 is 24.4 Å². The number of aromatic nitrogens is 1. The summed E-state index contributed by atoms with van der Waals surface area (Å²) in [6, 6.07) is 9.45. The van der Waals surface area contributed by atoms with Crippen LogP contribution in [0.3, 0.4) is 0 Å². The van der Waals surface area contributed by atoms with E-state index in [1.807, 2.05) is 52.9 Å². The Morgan fingerprint density at radius 1 is 1.17 bits per heavy atom. The summed E-state index contributed by atoms with van der Waals surface area (Å²) in [5, 5.41) is 21.8. The molecule has 7 nitrogen and oxygen atoms in total. The number of carbonyl (C=O) groups excluding carboxylic acids is 1. The largest absolute Gasteiger partial charge is 0.483 e. The highest BCUT2D eigenvalue weighted by Gasteiger charge is 2.58. The van der Waals surface area contributed by atoms with E-state index >= 15 is 0 Å². The van der Waals surface area contributed by atoms with Crippen LogP contribution in [-0.2, 0) is 12.1 Å². The lowest BCUT2D eigenvalue weighted by Crippen LogP contribution is -2.56. The minimum atomic E-state index is -1.21. The number of fused-ring (bicyclic) bond motifs is 1. The van der Waals surface area contributed by atoms with Gasteiger partial charge >= 0.3 is 0 Å². The van der Waals surface area contributed by atoms with Gasteiger partial charge in [-0.1, -0.05) is 30.3 Å². The van der Waals surface area contributed by atoms with E-state index in [1.54, 1.807) is 9.47 Å². The second-order valence-electron chi connectivity index (χ2n) is 7.99. The summed E-state index contributed by atoms with van der Waals surface area (Å²) < 4.78 is 7.95. The molecule has 2 bridgehead atoms. The highest BCUT2D eigenvalue weighted by Crippen LogP contribution is 2.49. The number of aliphatic hydroxyl groups is 2. The summed E-state index contributed by atoms with van der Waals surface area (Å²) in [6.45, 7) is 1.06. The molecule has 5 rings (SSSR count). The fourth-order valence-corrected chi connectivity index (χ4v) is 5.78. The summed E-state index contributed by atoms with van der Waals surface area (Å²) in [5.74, 6) is -0.272. The van der Waals surface area contributed by atoms with Gasteiger partial charge in [0.05, 0.1) is 14.8 Å². The minimum absolute atomic E-state index is 0.00396. The van der Waals surface area contributed by atoms with Crippen LogP contribution >= 0.6 is 22.6 Å². The molecule has 1 aromatic carbocycles. The van der Waals surface area contributed by atoms with E-state index < -0.39 is 23.2 Å². The Morgan fingerprint density at radius 2 is 1.93 bits per heavy atom. The van der Waals surface area contributed by atoms with Gasteiger partial charge in [-0.3, -0.25) is 9.59 Å². The maximum atomic E-state index is 13.3. The first kappa shape index (κ1) is 19.1. The molecule has 1 fully saturated rings. The maximum absolute atomic E-state index is 13.3. The molecule has 3 aliphatic heterocycles. The molecule has 3 aliphatic rings. The molecule has 2 N–H and O–H groups in total. The first-order valence-electron chi connectivity index (χ1n) is 9.77. The van der Waals surface area contributed by atoms with Crippen molar-refractivity contribution in [3.05, 3.63) is 61.1 Å². The zero-order valence-electron chi connectivity index (χ0n) is 15.7. The monoisotopic (exact) mass is 508 g/mol. The van der Waals surface area contributed by atoms with Crippen LogP contribution in [0.25, 0.3) is 0 Å². The lowest BCUT2D eigenvalue weighted by atomic mass is 9.86. The van der Waals surface area contributed by atoms with Crippen LogP contribution < -0.4 is 10.2 Å². The molecule has 1 aromatic heterocycles. The fourth-order valence-electron chi connectivity index (χ4n) is 4.97. The van der Waals surface area contributed by atoms with E-state index in [9.17, 15) is 19.8 Å². The Kier molecular flexibility index (Phi) is 4.48. The van der Waals surface area contributed by atoms with E-state index in [0.29, 0.717) is 28.8 Å². The van der Waals surface area contributed by atoms with Gasteiger partial charge in [0.15, 0.2) is 11.4 Å². The van der Waals surface area contributed by atoms with Crippen molar-refractivity contribution in [3.63, 3.8) is 0 Å². The van der Waals surface area contributed by atoms with Gasteiger partial charge in [0.2, 0.25) is 5.43 Å². The van der Waals surface area contributed by atoms with Crippen LogP contribution in [-0.4, -0.2) is 44.8 Å². The minimum Gasteiger partial charge on any atom is -0.483 e. The first-order chi connectivity index (χ1) is 14.0. The standard InChI is InChI=1S/C21H21IN2O5/c22-13-14-17(26)19(27)21-8-4-5-9-23(11-21)20(28)15(24(14)21)18(16(13)25)29-10-12-6-2-1-3-7-12/h1-3,6-7,17,19,26-27H,4-5,8-11H2. The van der Waals surface area contributed by atoms with Gasteiger partial charge in [-0.05, 0) is 47.4 Å². The van der Waals surface area contributed by atoms with Gasteiger partial charge in [0, 0.05) is 13.1 Å². The normalized spacial score (nSPS) is 27.6. The van der Waals surface area contributed by atoms with Crippen molar-refractivity contribution < 1.29 is 19.7 Å². The molecule has 1 spiro atoms. The Bertz CT molecular complexity index is 1050. The van der Waals surface area contributed by atoms with E-state index in [2.05, 4.69) is 0 Å². The topological polar surface area (TPSA) is 92.0 Å². The first-order valence-corrected chi connectivity index (χ1v) is 10.8. The molecule has 0 radical (unpaired) electrons. The maximum Gasteiger partial charge on any atom is 0.274 e. The molecule has 0 aliphatic carbocycles. The predicted molar refractivity (Wildman–Crippen MR) is 113 cm³/mol. The number of carbonyl (C=O) groups is 1. The number of rotatable bonds is 3. The average molecular weight is 508 g/mol. The fraction of sp³-hybridized carbons (Fsp3) is 0.429. The lowest BCUT2D eigenvalue weighted by molar-refractivity contribution is -0.0431. The number of pyridine rings is 1. The molecule has 8 heteroatoms. The number of nitrogens with zero attached hydrogens (tertiary/aromatic N) is 2. The van der Waals surface area contributed by atoms with Gasteiger partial charge in [0.25, 0.3) is 5.91 Å². The van der Waals surface area contributed by atoms with Crippen LogP contribution in [0, 0.1) is 3.57 Å². The van der Waals surface area contributed by atoms with Crippen molar-refractivity contribution in [1.82, 2.24) is 9.47 Å². The Morgan fingerprint density at radius 3 is 2.69 bits per heavy atom. The third-order valence-corrected chi connectivity index (χ3v) is 7.40. The van der Waals surface area contributed by atoms with Gasteiger partial charge in [-0.15, -0.1) is 0 Å². The lowest BCUT2D eigenvalue weighted by Gasteiger charge is -2.43. The molecule has 3 unspecified atom stereocenters. The second kappa shape index (κ2) is 6.82.